The van der Waals surface area contributed by atoms with Crippen LogP contribution in [-0.4, -0.2) is 6.54 Å². The van der Waals surface area contributed by atoms with Gasteiger partial charge >= 0.3 is 0 Å². The Balaban J connectivity index is 1.96. The van der Waals surface area contributed by atoms with Crippen molar-refractivity contribution < 1.29 is 0 Å². The van der Waals surface area contributed by atoms with Crippen LogP contribution < -0.4 is 5.32 Å². The molecule has 17 heavy (non-hydrogen) atoms. The summed E-state index contributed by atoms with van der Waals surface area (Å²) in [7, 11) is 0. The van der Waals surface area contributed by atoms with Crippen molar-refractivity contribution in [3.05, 3.63) is 27.2 Å². The number of benzene rings is 1. The van der Waals surface area contributed by atoms with Gasteiger partial charge in [0.05, 0.1) is 0 Å². The van der Waals surface area contributed by atoms with Gasteiger partial charge in [-0.3, -0.25) is 0 Å². The number of anilines is 1. The first-order valence-electron chi connectivity index (χ1n) is 6.36. The number of hydrogen-bond donors (Lipinski definition) is 1. The van der Waals surface area contributed by atoms with Crippen molar-refractivity contribution in [3.8, 4) is 0 Å². The largest absolute Gasteiger partial charge is 0.384 e. The van der Waals surface area contributed by atoms with E-state index in [4.69, 9.17) is 11.6 Å². The smallest absolute Gasteiger partial charge is 0.0499 e. The average Bonchev–Trinajstić information content (AvgIpc) is 2.33. The molecule has 1 saturated carbocycles. The lowest BCUT2D eigenvalue weighted by Gasteiger charge is -2.22. The van der Waals surface area contributed by atoms with Gasteiger partial charge in [-0.25, -0.2) is 0 Å². The average molecular weight is 317 g/mol. The van der Waals surface area contributed by atoms with Crippen LogP contribution in [0.25, 0.3) is 0 Å². The van der Waals surface area contributed by atoms with E-state index >= 15 is 0 Å². The van der Waals surface area contributed by atoms with Crippen LogP contribution in [0.2, 0.25) is 5.02 Å². The van der Waals surface area contributed by atoms with Crippen LogP contribution >= 0.6 is 27.5 Å². The summed E-state index contributed by atoms with van der Waals surface area (Å²) >= 11 is 9.73. The number of nitrogens with one attached hydrogen (secondary N) is 1. The van der Waals surface area contributed by atoms with E-state index < -0.39 is 0 Å². The van der Waals surface area contributed by atoms with Crippen molar-refractivity contribution in [3.63, 3.8) is 0 Å². The zero-order chi connectivity index (χ0) is 12.3. The summed E-state index contributed by atoms with van der Waals surface area (Å²) in [5.74, 6) is 0.829. The summed E-state index contributed by atoms with van der Waals surface area (Å²) in [5, 5.41) is 4.35. The van der Waals surface area contributed by atoms with Gasteiger partial charge in [0, 0.05) is 21.7 Å². The third kappa shape index (κ3) is 3.62. The molecule has 0 saturated heterocycles. The summed E-state index contributed by atoms with van der Waals surface area (Å²) < 4.78 is 1.11. The van der Waals surface area contributed by atoms with Gasteiger partial charge in [-0.1, -0.05) is 30.9 Å². The Labute approximate surface area is 117 Å². The van der Waals surface area contributed by atoms with Crippen LogP contribution in [-0.2, 0) is 0 Å². The minimum Gasteiger partial charge on any atom is -0.384 e. The van der Waals surface area contributed by atoms with Gasteiger partial charge in [-0.15, -0.1) is 0 Å². The SMILES string of the molecule is Cc1cc(Br)c(NCC2CCCCC2)cc1Cl. The van der Waals surface area contributed by atoms with E-state index in [2.05, 4.69) is 27.3 Å². The van der Waals surface area contributed by atoms with Crippen LogP contribution in [0.5, 0.6) is 0 Å². The topological polar surface area (TPSA) is 12.0 Å². The van der Waals surface area contributed by atoms with Gasteiger partial charge in [-0.2, -0.15) is 0 Å². The van der Waals surface area contributed by atoms with Gasteiger partial charge in [0.1, 0.15) is 0 Å². The summed E-state index contributed by atoms with van der Waals surface area (Å²) in [6.07, 6.45) is 6.93. The minimum absolute atomic E-state index is 0.829. The molecule has 0 aromatic heterocycles. The molecule has 1 nitrogen and oxygen atoms in total. The minimum atomic E-state index is 0.829. The fraction of sp³-hybridized carbons (Fsp3) is 0.571. The number of hydrogen-bond acceptors (Lipinski definition) is 1. The highest BCUT2D eigenvalue weighted by molar-refractivity contribution is 9.10. The lowest BCUT2D eigenvalue weighted by atomic mass is 9.89. The molecule has 1 N–H and O–H groups in total. The van der Waals surface area contributed by atoms with Crippen molar-refractivity contribution in [2.24, 2.45) is 5.92 Å². The molecule has 1 aliphatic rings. The van der Waals surface area contributed by atoms with E-state index in [1.54, 1.807) is 0 Å². The Bertz CT molecular complexity index is 386. The first kappa shape index (κ1) is 13.2. The maximum Gasteiger partial charge on any atom is 0.0499 e. The van der Waals surface area contributed by atoms with Crippen LogP contribution in [0.4, 0.5) is 5.69 Å². The summed E-state index contributed by atoms with van der Waals surface area (Å²) in [6, 6.07) is 4.09. The molecule has 0 radical (unpaired) electrons. The van der Waals surface area contributed by atoms with E-state index in [0.717, 1.165) is 33.2 Å². The van der Waals surface area contributed by atoms with Gasteiger partial charge in [0.15, 0.2) is 0 Å². The Kier molecular flexibility index (Phi) is 4.75. The molecule has 0 unspecified atom stereocenters. The number of rotatable bonds is 3. The van der Waals surface area contributed by atoms with Crippen LogP contribution in [0.15, 0.2) is 16.6 Å². The lowest BCUT2D eigenvalue weighted by molar-refractivity contribution is 0.373. The molecule has 0 heterocycles. The number of halogens is 2. The molecule has 1 aromatic rings. The van der Waals surface area contributed by atoms with Crippen molar-refractivity contribution in [1.29, 1.82) is 0 Å². The predicted octanol–water partition coefficient (Wildman–Crippen LogP) is 5.40. The Morgan fingerprint density at radius 1 is 1.29 bits per heavy atom. The van der Waals surface area contributed by atoms with E-state index in [1.165, 1.54) is 32.1 Å². The van der Waals surface area contributed by atoms with E-state index in [0.29, 0.717) is 0 Å². The first-order valence-corrected chi connectivity index (χ1v) is 7.53. The maximum atomic E-state index is 6.15. The van der Waals surface area contributed by atoms with E-state index in [9.17, 15) is 0 Å². The highest BCUT2D eigenvalue weighted by atomic mass is 79.9. The third-order valence-corrected chi connectivity index (χ3v) is 4.62. The molecule has 1 aromatic carbocycles. The molecule has 0 aliphatic heterocycles. The van der Waals surface area contributed by atoms with Crippen molar-refractivity contribution in [2.75, 3.05) is 11.9 Å². The lowest BCUT2D eigenvalue weighted by Crippen LogP contribution is -2.17. The zero-order valence-electron chi connectivity index (χ0n) is 10.2. The molecular formula is C14H19BrClN. The maximum absolute atomic E-state index is 6.15. The number of aryl methyl sites for hydroxylation is 1. The van der Waals surface area contributed by atoms with Gasteiger partial charge in [-0.05, 0) is 59.3 Å². The molecule has 0 spiro atoms. The first-order chi connectivity index (χ1) is 8.16. The van der Waals surface area contributed by atoms with Gasteiger partial charge < -0.3 is 5.32 Å². The highest BCUT2D eigenvalue weighted by Crippen LogP contribution is 2.30. The van der Waals surface area contributed by atoms with Crippen molar-refractivity contribution in [2.45, 2.75) is 39.0 Å². The van der Waals surface area contributed by atoms with Gasteiger partial charge in [0.25, 0.3) is 0 Å². The molecular weight excluding hydrogens is 298 g/mol. The molecule has 94 valence electrons. The molecule has 0 bridgehead atoms. The standard InChI is InChI=1S/C14H19BrClN/c1-10-7-12(15)14(8-13(10)16)17-9-11-5-3-2-4-6-11/h7-8,11,17H,2-6,9H2,1H3. The van der Waals surface area contributed by atoms with Crippen molar-refractivity contribution >= 4 is 33.2 Å². The summed E-state index contributed by atoms with van der Waals surface area (Å²) in [5.41, 5.74) is 2.23. The normalized spacial score (nSPS) is 17.1. The molecule has 1 aliphatic carbocycles. The third-order valence-electron chi connectivity index (χ3n) is 3.55. The second-order valence-electron chi connectivity index (χ2n) is 4.97. The van der Waals surface area contributed by atoms with Crippen LogP contribution in [0.1, 0.15) is 37.7 Å². The molecule has 1 fully saturated rings. The fourth-order valence-electron chi connectivity index (χ4n) is 2.43. The molecule has 0 atom stereocenters. The van der Waals surface area contributed by atoms with E-state index in [1.807, 2.05) is 13.0 Å². The predicted molar refractivity (Wildman–Crippen MR) is 79.0 cm³/mol. The second kappa shape index (κ2) is 6.10. The fourth-order valence-corrected chi connectivity index (χ4v) is 3.19. The Morgan fingerprint density at radius 3 is 2.71 bits per heavy atom. The van der Waals surface area contributed by atoms with Crippen LogP contribution in [0.3, 0.4) is 0 Å². The van der Waals surface area contributed by atoms with Crippen molar-refractivity contribution in [1.82, 2.24) is 0 Å². The van der Waals surface area contributed by atoms with Crippen LogP contribution in [0, 0.1) is 12.8 Å². The second-order valence-corrected chi connectivity index (χ2v) is 6.23. The Hall–Kier alpha value is -0.210. The molecule has 2 rings (SSSR count). The molecule has 0 amide bonds. The molecule has 3 heteroatoms. The highest BCUT2D eigenvalue weighted by Gasteiger charge is 2.13. The zero-order valence-corrected chi connectivity index (χ0v) is 12.6. The quantitative estimate of drug-likeness (QED) is 0.787. The monoisotopic (exact) mass is 315 g/mol. The Morgan fingerprint density at radius 2 is 2.00 bits per heavy atom. The van der Waals surface area contributed by atoms with Gasteiger partial charge in [0.2, 0.25) is 0 Å². The van der Waals surface area contributed by atoms with E-state index in [-0.39, 0.29) is 0 Å². The summed E-state index contributed by atoms with van der Waals surface area (Å²) in [4.78, 5) is 0. The summed E-state index contributed by atoms with van der Waals surface area (Å²) in [6.45, 7) is 3.09.